The lowest BCUT2D eigenvalue weighted by molar-refractivity contribution is -0.117. The molecule has 3 rings (SSSR count). The van der Waals surface area contributed by atoms with Crippen molar-refractivity contribution >= 4 is 46.5 Å². The Morgan fingerprint density at radius 3 is 2.62 bits per heavy atom. The number of rotatable bonds is 2. The zero-order valence-corrected chi connectivity index (χ0v) is 12.7. The average Bonchev–Trinajstić information content (AvgIpc) is 2.98. The van der Waals surface area contributed by atoms with Crippen LogP contribution >= 0.6 is 22.9 Å². The number of nitrogens with zero attached hydrogens (tertiary/aromatic N) is 1. The second-order valence-corrected chi connectivity index (χ2v) is 6.27. The minimum Gasteiger partial charge on any atom is -0.267 e. The number of carbonyl (C=O) groups excluding carboxylic acids is 2. The molecular weight excluding hydrogens is 308 g/mol. The summed E-state index contributed by atoms with van der Waals surface area (Å²) in [6.07, 6.45) is 1.60. The van der Waals surface area contributed by atoms with Gasteiger partial charge in [-0.3, -0.25) is 15.0 Å². The molecule has 106 valence electrons. The number of hydrazine groups is 1. The van der Waals surface area contributed by atoms with E-state index in [9.17, 15) is 9.59 Å². The van der Waals surface area contributed by atoms with Gasteiger partial charge in [-0.15, -0.1) is 11.3 Å². The second-order valence-electron chi connectivity index (χ2n) is 4.54. The summed E-state index contributed by atoms with van der Waals surface area (Å²) in [5, 5.41) is 1.58. The van der Waals surface area contributed by atoms with Gasteiger partial charge in [-0.25, -0.2) is 5.01 Å². The van der Waals surface area contributed by atoms with Gasteiger partial charge in [0.2, 0.25) is 0 Å². The number of hydrogen-bond acceptors (Lipinski definition) is 3. The smallest absolute Gasteiger partial charge is 0.267 e. The second kappa shape index (κ2) is 5.35. The number of hydrogen-bond donors (Lipinski definition) is 1. The first-order valence-corrected chi connectivity index (χ1v) is 7.44. The van der Waals surface area contributed by atoms with Crippen molar-refractivity contribution in [3.63, 3.8) is 0 Å². The third kappa shape index (κ3) is 2.57. The van der Waals surface area contributed by atoms with Crippen molar-refractivity contribution in [3.05, 3.63) is 56.7 Å². The summed E-state index contributed by atoms with van der Waals surface area (Å²) >= 11 is 7.59. The highest BCUT2D eigenvalue weighted by molar-refractivity contribution is 7.12. The maximum Gasteiger partial charge on any atom is 0.282 e. The van der Waals surface area contributed by atoms with Gasteiger partial charge in [-0.2, -0.15) is 0 Å². The molecule has 4 nitrogen and oxygen atoms in total. The number of nitrogens with one attached hydrogen (secondary N) is 1. The Balaban J connectivity index is 1.96. The summed E-state index contributed by atoms with van der Waals surface area (Å²) in [5.41, 5.74) is 3.10. The molecule has 1 N–H and O–H groups in total. The lowest BCUT2D eigenvalue weighted by Crippen LogP contribution is -2.35. The zero-order chi connectivity index (χ0) is 15.0. The van der Waals surface area contributed by atoms with Crippen molar-refractivity contribution in [1.29, 1.82) is 0 Å². The van der Waals surface area contributed by atoms with Crippen LogP contribution in [0.5, 0.6) is 0 Å². The average molecular weight is 319 g/mol. The summed E-state index contributed by atoms with van der Waals surface area (Å²) in [5.74, 6) is -0.829. The summed E-state index contributed by atoms with van der Waals surface area (Å²) < 4.78 is 0. The van der Waals surface area contributed by atoms with Crippen molar-refractivity contribution in [2.75, 3.05) is 5.01 Å². The molecule has 0 spiro atoms. The molecule has 1 aromatic carbocycles. The topological polar surface area (TPSA) is 49.4 Å². The first-order valence-electron chi connectivity index (χ1n) is 6.24. The normalized spacial score (nSPS) is 16.7. The molecule has 0 bridgehead atoms. The lowest BCUT2D eigenvalue weighted by atomic mass is 10.2. The van der Waals surface area contributed by atoms with Gasteiger partial charge in [-0.1, -0.05) is 23.7 Å². The molecule has 0 saturated carbocycles. The third-order valence-corrected chi connectivity index (χ3v) is 4.30. The number of aryl methyl sites for hydroxylation is 1. The molecule has 0 unspecified atom stereocenters. The molecule has 1 aliphatic heterocycles. The Bertz CT molecular complexity index is 767. The summed E-state index contributed by atoms with van der Waals surface area (Å²) in [6.45, 7) is 1.97. The minimum absolute atomic E-state index is 0.108. The number of para-hydroxylation sites is 1. The van der Waals surface area contributed by atoms with E-state index in [0.29, 0.717) is 10.7 Å². The van der Waals surface area contributed by atoms with Crippen LogP contribution in [0.2, 0.25) is 5.02 Å². The van der Waals surface area contributed by atoms with Gasteiger partial charge in [0, 0.05) is 9.75 Å². The van der Waals surface area contributed by atoms with Crippen LogP contribution in [-0.4, -0.2) is 11.8 Å². The highest BCUT2D eigenvalue weighted by Crippen LogP contribution is 2.28. The molecule has 21 heavy (non-hydrogen) atoms. The van der Waals surface area contributed by atoms with Gasteiger partial charge in [0.25, 0.3) is 11.8 Å². The Morgan fingerprint density at radius 1 is 1.19 bits per heavy atom. The molecule has 0 atom stereocenters. The molecule has 1 aliphatic rings. The van der Waals surface area contributed by atoms with E-state index >= 15 is 0 Å². The van der Waals surface area contributed by atoms with Crippen molar-refractivity contribution in [2.24, 2.45) is 0 Å². The Hall–Kier alpha value is -2.11. The Kier molecular flexibility index (Phi) is 3.53. The largest absolute Gasteiger partial charge is 0.282 e. The maximum atomic E-state index is 12.4. The fourth-order valence-corrected chi connectivity index (χ4v) is 3.07. The molecular formula is C15H11ClN2O2S. The monoisotopic (exact) mass is 318 g/mol. The predicted octanol–water partition coefficient (Wildman–Crippen LogP) is 3.17. The van der Waals surface area contributed by atoms with Gasteiger partial charge in [0.15, 0.2) is 0 Å². The molecule has 6 heteroatoms. The predicted molar refractivity (Wildman–Crippen MR) is 84.1 cm³/mol. The minimum atomic E-state index is -0.425. The van der Waals surface area contributed by atoms with Crippen molar-refractivity contribution in [2.45, 2.75) is 6.92 Å². The molecule has 2 heterocycles. The molecule has 0 radical (unpaired) electrons. The summed E-state index contributed by atoms with van der Waals surface area (Å²) in [7, 11) is 0. The van der Waals surface area contributed by atoms with Crippen LogP contribution in [-0.2, 0) is 9.59 Å². The molecule has 2 aromatic rings. The number of carbonyl (C=O) groups is 2. The van der Waals surface area contributed by atoms with Gasteiger partial charge >= 0.3 is 0 Å². The number of thiophene rings is 1. The standard InChI is InChI=1S/C15H11ClN2O2S/c1-9-6-7-10(21-9)8-11-14(19)17-18(15(11)20)13-5-3-2-4-12(13)16/h2-8H,1H3,(H,17,19)/b11-8+. The molecule has 1 aromatic heterocycles. The Morgan fingerprint density at radius 2 is 1.95 bits per heavy atom. The van der Waals surface area contributed by atoms with Gasteiger partial charge < -0.3 is 0 Å². The lowest BCUT2D eigenvalue weighted by Gasteiger charge is -2.15. The Labute approximate surface area is 130 Å². The van der Waals surface area contributed by atoms with E-state index in [1.807, 2.05) is 19.1 Å². The van der Waals surface area contributed by atoms with Crippen LogP contribution in [0.3, 0.4) is 0 Å². The molecule has 1 fully saturated rings. The number of halogens is 1. The van der Waals surface area contributed by atoms with E-state index in [0.717, 1.165) is 9.75 Å². The van der Waals surface area contributed by atoms with Crippen LogP contribution in [0.25, 0.3) is 6.08 Å². The van der Waals surface area contributed by atoms with E-state index in [-0.39, 0.29) is 5.57 Å². The third-order valence-electron chi connectivity index (χ3n) is 3.03. The molecule has 2 amide bonds. The van der Waals surface area contributed by atoms with Gasteiger partial charge in [0.05, 0.1) is 10.7 Å². The van der Waals surface area contributed by atoms with Crippen LogP contribution in [0.15, 0.2) is 42.0 Å². The van der Waals surface area contributed by atoms with E-state index in [2.05, 4.69) is 5.43 Å². The SMILES string of the molecule is Cc1ccc(/C=C2\C(=O)NN(c3ccccc3Cl)C2=O)s1. The van der Waals surface area contributed by atoms with E-state index in [1.54, 1.807) is 30.3 Å². The van der Waals surface area contributed by atoms with Crippen molar-refractivity contribution in [3.8, 4) is 0 Å². The maximum absolute atomic E-state index is 12.4. The fourth-order valence-electron chi connectivity index (χ4n) is 2.03. The highest BCUT2D eigenvalue weighted by Gasteiger charge is 2.35. The number of anilines is 1. The summed E-state index contributed by atoms with van der Waals surface area (Å²) in [4.78, 5) is 26.4. The van der Waals surface area contributed by atoms with Crippen LogP contribution in [0, 0.1) is 6.92 Å². The van der Waals surface area contributed by atoms with E-state index < -0.39 is 11.8 Å². The van der Waals surface area contributed by atoms with Crippen molar-refractivity contribution < 1.29 is 9.59 Å². The van der Waals surface area contributed by atoms with E-state index in [4.69, 9.17) is 11.6 Å². The summed E-state index contributed by atoms with van der Waals surface area (Å²) in [6, 6.07) is 10.7. The first kappa shape index (κ1) is 13.9. The van der Waals surface area contributed by atoms with Crippen LogP contribution in [0.4, 0.5) is 5.69 Å². The molecule has 0 aliphatic carbocycles. The van der Waals surface area contributed by atoms with E-state index in [1.165, 1.54) is 16.3 Å². The van der Waals surface area contributed by atoms with Gasteiger partial charge in [-0.05, 0) is 37.3 Å². The van der Waals surface area contributed by atoms with Crippen LogP contribution < -0.4 is 10.4 Å². The van der Waals surface area contributed by atoms with Crippen molar-refractivity contribution in [1.82, 2.24) is 5.43 Å². The first-order chi connectivity index (χ1) is 10.1. The number of amides is 2. The van der Waals surface area contributed by atoms with Crippen LogP contribution in [0.1, 0.15) is 9.75 Å². The van der Waals surface area contributed by atoms with Gasteiger partial charge in [0.1, 0.15) is 5.57 Å². The fraction of sp³-hybridized carbons (Fsp3) is 0.0667. The zero-order valence-electron chi connectivity index (χ0n) is 11.1. The molecule has 1 saturated heterocycles. The quantitative estimate of drug-likeness (QED) is 0.683. The number of benzene rings is 1. The highest BCUT2D eigenvalue weighted by atomic mass is 35.5.